The van der Waals surface area contributed by atoms with Gasteiger partial charge in [-0.05, 0) is 96.1 Å². The number of hydrogen-bond donors (Lipinski definition) is 0. The molecule has 0 aliphatic carbocycles. The van der Waals surface area contributed by atoms with Crippen LogP contribution in [0.25, 0.3) is 44.1 Å². The molecule has 0 aromatic heterocycles. The second-order valence-electron chi connectivity index (χ2n) is 15.8. The number of halogens is 2. The fourth-order valence-corrected chi connectivity index (χ4v) is 14.0. The minimum Gasteiger partial charge on any atom is -0.0620 e. The molecular formula is C53H52Cl2N2O2P2Ru+2. The Morgan fingerprint density at radius 1 is 0.452 bits per heavy atom. The third-order valence-electron chi connectivity index (χ3n) is 11.0. The van der Waals surface area contributed by atoms with Gasteiger partial charge < -0.3 is 20.9 Å². The van der Waals surface area contributed by atoms with Crippen LogP contribution in [0, 0.1) is 0 Å². The Balaban J connectivity index is 0.000000307. The van der Waals surface area contributed by atoms with E-state index in [0.29, 0.717) is 0 Å². The van der Waals surface area contributed by atoms with Crippen LogP contribution in [0.15, 0.2) is 194 Å². The van der Waals surface area contributed by atoms with Gasteiger partial charge in [-0.2, -0.15) is 0 Å². The molecule has 0 spiro atoms. The van der Waals surface area contributed by atoms with Crippen molar-refractivity contribution in [3.8, 4) is 11.1 Å². The molecule has 8 aromatic carbocycles. The molecule has 1 fully saturated rings. The maximum Gasteiger partial charge on any atom is 0.111 e. The Morgan fingerprint density at radius 3 is 1.02 bits per heavy atom. The molecule has 8 aromatic rings. The first-order chi connectivity index (χ1) is 30.1. The van der Waals surface area contributed by atoms with Gasteiger partial charge in [-0.1, -0.05) is 147 Å². The smallest absolute Gasteiger partial charge is 0.0620 e. The van der Waals surface area contributed by atoms with Crippen LogP contribution in [0.4, 0.5) is 0 Å². The molecule has 9 rings (SSSR count). The number of benzene rings is 8. The van der Waals surface area contributed by atoms with Crippen molar-refractivity contribution < 1.29 is 24.6 Å². The zero-order valence-corrected chi connectivity index (χ0v) is 40.5. The van der Waals surface area contributed by atoms with E-state index in [1.54, 1.807) is 13.8 Å². The normalized spacial score (nSPS) is 16.6. The average molecular weight is 983 g/mol. The van der Waals surface area contributed by atoms with Gasteiger partial charge in [-0.15, -0.1) is 12.1 Å². The molecule has 0 bridgehead atoms. The molecule has 0 unspecified atom stereocenters. The van der Waals surface area contributed by atoms with Crippen LogP contribution in [-0.4, -0.2) is 30.1 Å². The summed E-state index contributed by atoms with van der Waals surface area (Å²) in [6, 6.07) is 71.5. The second kappa shape index (κ2) is 21.7. The minimum atomic E-state index is -1.37. The molecular weight excluding hydrogens is 931 g/mol. The van der Waals surface area contributed by atoms with Crippen LogP contribution in [0.1, 0.15) is 27.7 Å². The standard InChI is InChI=1S/C44H32P2.C9H18N2O2.2ClH.Ru/c1-5-19-35(20-6-1)45(36-21-7-2-8-22-36)41-31-29-33-17-13-15-27-39(33)43(41)44-40-28-16-14-18-34(40)30-32-42(44)46(37-23-9-3-10-24-37)38-25-11-4-12-26-38;1-5(10)7-8(6(2)11)13-9(3,4)12-7;;;/h1-32H;5-8,10-11H,1-4H3;2*1H;/q;-2;;;+4/t;5-,6-,7-,8-;;;/m.1.../s1. The maximum absolute atomic E-state index is 7.59. The molecule has 1 saturated heterocycles. The molecule has 0 amide bonds. The molecule has 9 heteroatoms. The van der Waals surface area contributed by atoms with Crippen molar-refractivity contribution in [2.45, 2.75) is 57.8 Å². The van der Waals surface area contributed by atoms with Gasteiger partial charge in [0.1, 0.15) is 31.8 Å². The molecule has 1 heterocycles. The SMILES string of the molecule is C[C@@H]([NH-])[C@H]1OC(C)(C)O[C@@H]1[C@@H](C)[NH-].[Cl][Ru+2][Cl].c1ccc([PH+](c2ccccc2)c2ccc3ccccc3c2-c2c([PH+](c3ccccc3)c3ccccc3)ccc3ccccc23)cc1. The van der Waals surface area contributed by atoms with Crippen LogP contribution >= 0.6 is 35.2 Å². The molecule has 62 heavy (non-hydrogen) atoms. The predicted octanol–water partition coefficient (Wildman–Crippen LogP) is 12.4. The summed E-state index contributed by atoms with van der Waals surface area (Å²) in [6.45, 7) is 7.19. The Hall–Kier alpha value is -3.82. The van der Waals surface area contributed by atoms with Crippen LogP contribution in [-0.2, 0) is 24.6 Å². The number of hydrogen-bond acceptors (Lipinski definition) is 2. The van der Waals surface area contributed by atoms with Crippen LogP contribution in [0.3, 0.4) is 0 Å². The van der Waals surface area contributed by atoms with Crippen LogP contribution < -0.4 is 31.8 Å². The second-order valence-corrected chi connectivity index (χ2v) is 23.4. The molecule has 4 nitrogen and oxygen atoms in total. The molecule has 1 aliphatic rings. The van der Waals surface area contributed by atoms with Gasteiger partial charge in [0.05, 0.1) is 28.1 Å². The van der Waals surface area contributed by atoms with Gasteiger partial charge in [0, 0.05) is 11.1 Å². The minimum absolute atomic E-state index is 0.275. The predicted molar refractivity (Wildman–Crippen MR) is 270 cm³/mol. The van der Waals surface area contributed by atoms with E-state index in [9.17, 15) is 0 Å². The van der Waals surface area contributed by atoms with E-state index in [1.165, 1.54) is 64.5 Å². The van der Waals surface area contributed by atoms with Gasteiger partial charge in [0.25, 0.3) is 0 Å². The fourth-order valence-electron chi connectivity index (χ4n) is 8.46. The van der Waals surface area contributed by atoms with Gasteiger partial charge in [0.15, 0.2) is 5.79 Å². The molecule has 0 saturated carbocycles. The van der Waals surface area contributed by atoms with E-state index in [2.05, 4.69) is 194 Å². The monoisotopic (exact) mass is 982 g/mol. The zero-order valence-electron chi connectivity index (χ0n) is 35.2. The van der Waals surface area contributed by atoms with Crippen LogP contribution in [0.5, 0.6) is 0 Å². The fraction of sp³-hybridized carbons (Fsp3) is 0.170. The molecule has 316 valence electrons. The number of rotatable bonds is 9. The summed E-state index contributed by atoms with van der Waals surface area (Å²) in [4.78, 5) is 0. The van der Waals surface area contributed by atoms with Crippen molar-refractivity contribution in [1.29, 1.82) is 0 Å². The van der Waals surface area contributed by atoms with E-state index in [-0.39, 0.29) is 39.4 Å². The van der Waals surface area contributed by atoms with E-state index in [1.807, 2.05) is 13.8 Å². The topological polar surface area (TPSA) is 66.1 Å². The Kier molecular flexibility index (Phi) is 16.2. The van der Waals surface area contributed by atoms with E-state index >= 15 is 0 Å². The summed E-state index contributed by atoms with van der Waals surface area (Å²) in [5, 5.41) is 13.6. The summed E-state index contributed by atoms with van der Waals surface area (Å²) in [5.74, 6) is -0.639. The van der Waals surface area contributed by atoms with Gasteiger partial charge in [0.2, 0.25) is 0 Å². The molecule has 2 N–H and O–H groups in total. The Morgan fingerprint density at radius 2 is 0.726 bits per heavy atom. The first-order valence-corrected chi connectivity index (χ1v) is 28.2. The zero-order chi connectivity index (χ0) is 43.6. The van der Waals surface area contributed by atoms with Gasteiger partial charge in [-0.3, -0.25) is 0 Å². The molecule has 0 radical (unpaired) electrons. The molecule has 4 atom stereocenters. The van der Waals surface area contributed by atoms with Crippen molar-refractivity contribution in [3.05, 3.63) is 206 Å². The Bertz CT molecular complexity index is 2400. The largest absolute Gasteiger partial charge is 0.111 e. The average Bonchev–Trinajstić information content (AvgIpc) is 3.64. The van der Waals surface area contributed by atoms with E-state index < -0.39 is 21.6 Å². The third-order valence-corrected chi connectivity index (χ3v) is 16.6. The third kappa shape index (κ3) is 10.7. The van der Waals surface area contributed by atoms with Crippen molar-refractivity contribution in [2.24, 2.45) is 0 Å². The van der Waals surface area contributed by atoms with Crippen molar-refractivity contribution in [2.75, 3.05) is 0 Å². The van der Waals surface area contributed by atoms with E-state index in [0.717, 1.165) is 0 Å². The maximum atomic E-state index is 7.59. The van der Waals surface area contributed by atoms with Crippen molar-refractivity contribution in [1.82, 2.24) is 0 Å². The molecule has 1 aliphatic heterocycles. The first-order valence-electron chi connectivity index (χ1n) is 20.7. The summed E-state index contributed by atoms with van der Waals surface area (Å²) in [7, 11) is 6.97. The summed E-state index contributed by atoms with van der Waals surface area (Å²) in [5.41, 5.74) is 17.9. The number of fused-ring (bicyclic) bond motifs is 2. The van der Waals surface area contributed by atoms with E-state index in [4.69, 9.17) is 40.3 Å². The summed E-state index contributed by atoms with van der Waals surface area (Å²) in [6.07, 6.45) is -0.551. The number of ether oxygens (including phenoxy) is 2. The van der Waals surface area contributed by atoms with Gasteiger partial charge in [-0.25, -0.2) is 0 Å². The summed E-state index contributed by atoms with van der Waals surface area (Å²) < 4.78 is 11.1. The quantitative estimate of drug-likeness (QED) is 0.107. The van der Waals surface area contributed by atoms with Gasteiger partial charge >= 0.3 is 34.5 Å². The van der Waals surface area contributed by atoms with Crippen molar-refractivity contribution >= 4 is 88.6 Å². The first kappa shape index (κ1) is 46.2. The Labute approximate surface area is 385 Å². The van der Waals surface area contributed by atoms with Crippen LogP contribution in [0.2, 0.25) is 0 Å². The summed E-state index contributed by atoms with van der Waals surface area (Å²) >= 11 is -0.346. The number of nitrogens with one attached hydrogen (secondary N) is 2. The van der Waals surface area contributed by atoms with Crippen molar-refractivity contribution in [3.63, 3.8) is 0 Å².